The van der Waals surface area contributed by atoms with E-state index in [1.165, 1.54) is 0 Å². The van der Waals surface area contributed by atoms with Crippen LogP contribution >= 0.6 is 27.3 Å². The maximum Gasteiger partial charge on any atom is 0.223 e. The normalized spacial score (nSPS) is 12.3. The van der Waals surface area contributed by atoms with Crippen LogP contribution in [0.25, 0.3) is 10.7 Å². The summed E-state index contributed by atoms with van der Waals surface area (Å²) in [6.45, 7) is 2.05. The van der Waals surface area contributed by atoms with Crippen LogP contribution in [0.5, 0.6) is 0 Å². The van der Waals surface area contributed by atoms with E-state index in [1.54, 1.807) is 22.2 Å². The number of rotatable bonds is 4. The average Bonchev–Trinajstić information content (AvgIpc) is 3.08. The second-order valence-corrected chi connectivity index (χ2v) is 6.22. The van der Waals surface area contributed by atoms with Crippen LogP contribution in [-0.2, 0) is 7.05 Å². The molecule has 3 rings (SSSR count). The Morgan fingerprint density at radius 3 is 2.90 bits per heavy atom. The second-order valence-electron chi connectivity index (χ2n) is 4.55. The molecule has 0 aliphatic carbocycles. The van der Waals surface area contributed by atoms with Crippen molar-refractivity contribution in [1.82, 2.24) is 24.7 Å². The number of hydrogen-bond acceptors (Lipinski definition) is 6. The minimum absolute atomic E-state index is 0.0805. The fourth-order valence-corrected chi connectivity index (χ4v) is 3.08. The summed E-state index contributed by atoms with van der Waals surface area (Å²) in [5.41, 5.74) is 1.89. The number of anilines is 1. The van der Waals surface area contributed by atoms with E-state index in [0.29, 0.717) is 5.95 Å². The quantitative estimate of drug-likeness (QED) is 0.769. The Kier molecular flexibility index (Phi) is 3.98. The minimum atomic E-state index is 0.0805. The molecule has 0 fully saturated rings. The molecule has 108 valence electrons. The van der Waals surface area contributed by atoms with Gasteiger partial charge in [0.2, 0.25) is 5.95 Å². The summed E-state index contributed by atoms with van der Waals surface area (Å²) in [5, 5.41) is 10.2. The predicted octanol–water partition coefficient (Wildman–Crippen LogP) is 3.27. The van der Waals surface area contributed by atoms with Crippen molar-refractivity contribution in [2.24, 2.45) is 7.05 Å². The summed E-state index contributed by atoms with van der Waals surface area (Å²) < 4.78 is 2.59. The van der Waals surface area contributed by atoms with Gasteiger partial charge in [0.05, 0.1) is 12.2 Å². The number of aryl methyl sites for hydroxylation is 1. The molecule has 3 heterocycles. The molecule has 0 saturated heterocycles. The van der Waals surface area contributed by atoms with Crippen LogP contribution in [-0.4, -0.2) is 24.7 Å². The lowest BCUT2D eigenvalue weighted by molar-refractivity contribution is 0.765. The van der Waals surface area contributed by atoms with Gasteiger partial charge in [0.1, 0.15) is 15.3 Å². The van der Waals surface area contributed by atoms with Crippen LogP contribution in [0.15, 0.2) is 34.6 Å². The summed E-state index contributed by atoms with van der Waals surface area (Å²) in [4.78, 5) is 13.1. The van der Waals surface area contributed by atoms with E-state index >= 15 is 0 Å². The number of aromatic nitrogens is 5. The average molecular weight is 365 g/mol. The maximum atomic E-state index is 4.51. The Morgan fingerprint density at radius 1 is 1.38 bits per heavy atom. The number of halogens is 1. The van der Waals surface area contributed by atoms with Crippen LogP contribution in [0.2, 0.25) is 0 Å². The minimum Gasteiger partial charge on any atom is -0.348 e. The molecule has 6 nitrogen and oxygen atoms in total. The first-order valence-electron chi connectivity index (χ1n) is 6.31. The molecular weight excluding hydrogens is 352 g/mol. The molecule has 0 unspecified atom stereocenters. The fraction of sp³-hybridized carbons (Fsp3) is 0.231. The van der Waals surface area contributed by atoms with Crippen molar-refractivity contribution in [3.63, 3.8) is 0 Å². The summed E-state index contributed by atoms with van der Waals surface area (Å²) in [6.07, 6.45) is 5.54. The van der Waals surface area contributed by atoms with Crippen molar-refractivity contribution < 1.29 is 0 Å². The topological polar surface area (TPSA) is 68.5 Å². The highest BCUT2D eigenvalue weighted by Crippen LogP contribution is 2.25. The fourth-order valence-electron chi connectivity index (χ4n) is 1.86. The number of nitrogens with one attached hydrogen (secondary N) is 1. The lowest BCUT2D eigenvalue weighted by Crippen LogP contribution is -2.09. The first-order valence-corrected chi connectivity index (χ1v) is 7.98. The lowest BCUT2D eigenvalue weighted by atomic mass is 10.2. The Labute approximate surface area is 134 Å². The van der Waals surface area contributed by atoms with Gasteiger partial charge in [-0.2, -0.15) is 5.10 Å². The van der Waals surface area contributed by atoms with E-state index in [-0.39, 0.29) is 6.04 Å². The van der Waals surface area contributed by atoms with Gasteiger partial charge in [0.15, 0.2) is 0 Å². The van der Waals surface area contributed by atoms with Gasteiger partial charge in [-0.05, 0) is 28.9 Å². The van der Waals surface area contributed by atoms with Crippen LogP contribution in [0.4, 0.5) is 5.95 Å². The van der Waals surface area contributed by atoms with E-state index in [0.717, 1.165) is 20.9 Å². The molecule has 0 spiro atoms. The highest BCUT2D eigenvalue weighted by molar-refractivity contribution is 9.10. The van der Waals surface area contributed by atoms with Crippen LogP contribution in [0.3, 0.4) is 0 Å². The van der Waals surface area contributed by atoms with E-state index < -0.39 is 0 Å². The van der Waals surface area contributed by atoms with E-state index in [4.69, 9.17) is 0 Å². The van der Waals surface area contributed by atoms with Gasteiger partial charge in [0, 0.05) is 30.4 Å². The molecule has 0 bridgehead atoms. The van der Waals surface area contributed by atoms with Crippen molar-refractivity contribution in [2.75, 3.05) is 5.32 Å². The standard InChI is InChI=1S/C13H13BrN6S/c1-8(9-5-16-20(2)6-9)17-13-15-4-3-10(18-13)12-19-11(14)7-21-12/h3-8H,1-2H3,(H,15,17,18)/t8-/m1/s1. The van der Waals surface area contributed by atoms with Crippen molar-refractivity contribution in [2.45, 2.75) is 13.0 Å². The highest BCUT2D eigenvalue weighted by Gasteiger charge is 2.11. The molecule has 0 aliphatic heterocycles. The zero-order valence-corrected chi connectivity index (χ0v) is 13.9. The Hall–Kier alpha value is -1.80. The third-order valence-corrected chi connectivity index (χ3v) is 4.50. The smallest absolute Gasteiger partial charge is 0.223 e. The third kappa shape index (κ3) is 3.27. The van der Waals surface area contributed by atoms with Crippen molar-refractivity contribution >= 4 is 33.2 Å². The summed E-state index contributed by atoms with van der Waals surface area (Å²) in [7, 11) is 1.90. The SMILES string of the molecule is C[C@@H](Nc1nccc(-c2nc(Br)cs2)n1)c1cnn(C)c1. The Morgan fingerprint density at radius 2 is 2.24 bits per heavy atom. The molecule has 0 aromatic carbocycles. The summed E-state index contributed by atoms with van der Waals surface area (Å²) in [6, 6.07) is 1.93. The van der Waals surface area contributed by atoms with Crippen LogP contribution in [0, 0.1) is 0 Å². The molecule has 0 radical (unpaired) electrons. The van der Waals surface area contributed by atoms with Crippen molar-refractivity contribution in [1.29, 1.82) is 0 Å². The van der Waals surface area contributed by atoms with Crippen LogP contribution in [0.1, 0.15) is 18.5 Å². The Bertz CT molecular complexity index is 752. The maximum absolute atomic E-state index is 4.51. The second kappa shape index (κ2) is 5.90. The van der Waals surface area contributed by atoms with Gasteiger partial charge in [-0.25, -0.2) is 15.0 Å². The van der Waals surface area contributed by atoms with Crippen molar-refractivity contribution in [3.05, 3.63) is 40.2 Å². The van der Waals surface area contributed by atoms with Crippen LogP contribution < -0.4 is 5.32 Å². The molecule has 0 saturated carbocycles. The zero-order valence-electron chi connectivity index (χ0n) is 11.5. The monoisotopic (exact) mass is 364 g/mol. The Balaban J connectivity index is 1.80. The van der Waals surface area contributed by atoms with Gasteiger partial charge < -0.3 is 5.32 Å². The zero-order chi connectivity index (χ0) is 14.8. The van der Waals surface area contributed by atoms with Crippen molar-refractivity contribution in [3.8, 4) is 10.7 Å². The highest BCUT2D eigenvalue weighted by atomic mass is 79.9. The van der Waals surface area contributed by atoms with Gasteiger partial charge in [-0.1, -0.05) is 0 Å². The molecule has 3 aromatic rings. The first kappa shape index (κ1) is 14.2. The van der Waals surface area contributed by atoms with Gasteiger partial charge in [0.25, 0.3) is 0 Å². The lowest BCUT2D eigenvalue weighted by Gasteiger charge is -2.12. The molecule has 1 N–H and O–H groups in total. The number of hydrogen-bond donors (Lipinski definition) is 1. The molecular formula is C13H13BrN6S. The first-order chi connectivity index (χ1) is 10.1. The number of nitrogens with zero attached hydrogens (tertiary/aromatic N) is 5. The van der Waals surface area contributed by atoms with E-state index in [2.05, 4.69) is 41.3 Å². The molecule has 3 aromatic heterocycles. The summed E-state index contributed by atoms with van der Waals surface area (Å²) in [5.74, 6) is 0.579. The molecule has 21 heavy (non-hydrogen) atoms. The van der Waals surface area contributed by atoms with Gasteiger partial charge >= 0.3 is 0 Å². The van der Waals surface area contributed by atoms with Gasteiger partial charge in [-0.15, -0.1) is 11.3 Å². The third-order valence-electron chi connectivity index (χ3n) is 2.92. The van der Waals surface area contributed by atoms with E-state index in [9.17, 15) is 0 Å². The molecule has 0 aliphatic rings. The summed E-state index contributed by atoms with van der Waals surface area (Å²) >= 11 is 4.89. The molecule has 1 atom stereocenters. The molecule has 8 heteroatoms. The largest absolute Gasteiger partial charge is 0.348 e. The predicted molar refractivity (Wildman–Crippen MR) is 86.1 cm³/mol. The number of thiazole rings is 1. The van der Waals surface area contributed by atoms with E-state index in [1.807, 2.05) is 37.8 Å². The molecule has 0 amide bonds. The van der Waals surface area contributed by atoms with Gasteiger partial charge in [-0.3, -0.25) is 4.68 Å².